The zero-order valence-corrected chi connectivity index (χ0v) is 17.2. The van der Waals surface area contributed by atoms with Gasteiger partial charge in [0.25, 0.3) is 0 Å². The molecule has 4 rings (SSSR count). The van der Waals surface area contributed by atoms with Gasteiger partial charge in [-0.05, 0) is 70.5 Å². The largest absolute Gasteiger partial charge is 0.336 e. The predicted octanol–water partition coefficient (Wildman–Crippen LogP) is 3.04. The highest BCUT2D eigenvalue weighted by atomic mass is 19.1. The number of amides is 1. The van der Waals surface area contributed by atoms with E-state index < -0.39 is 0 Å². The molecule has 1 amide bonds. The van der Waals surface area contributed by atoms with E-state index in [2.05, 4.69) is 21.9 Å². The molecule has 0 saturated carbocycles. The topological polar surface area (TPSA) is 41.4 Å². The van der Waals surface area contributed by atoms with Gasteiger partial charge in [0.2, 0.25) is 5.91 Å². The Morgan fingerprint density at radius 2 is 1.93 bits per heavy atom. The molecule has 2 aliphatic rings. The Hall–Kier alpha value is -2.21. The molecule has 0 N–H and O–H groups in total. The van der Waals surface area contributed by atoms with Crippen LogP contribution in [0.3, 0.4) is 0 Å². The van der Waals surface area contributed by atoms with Gasteiger partial charge in [0.15, 0.2) is 0 Å². The van der Waals surface area contributed by atoms with Gasteiger partial charge in [-0.25, -0.2) is 4.39 Å². The molecule has 6 heteroatoms. The Labute approximate surface area is 166 Å². The predicted molar refractivity (Wildman–Crippen MR) is 107 cm³/mol. The van der Waals surface area contributed by atoms with Crippen molar-refractivity contribution in [1.29, 1.82) is 0 Å². The smallest absolute Gasteiger partial charge is 0.244 e. The van der Waals surface area contributed by atoms with Crippen molar-refractivity contribution >= 4 is 5.91 Å². The minimum atomic E-state index is -0.219. The molecule has 2 saturated heterocycles. The number of benzene rings is 1. The molecular weight excluding hydrogens is 355 g/mol. The molecule has 0 spiro atoms. The van der Waals surface area contributed by atoms with Gasteiger partial charge >= 0.3 is 0 Å². The zero-order valence-electron chi connectivity index (χ0n) is 17.2. The van der Waals surface area contributed by atoms with E-state index in [1.165, 1.54) is 12.1 Å². The van der Waals surface area contributed by atoms with Crippen LogP contribution < -0.4 is 0 Å². The van der Waals surface area contributed by atoms with Gasteiger partial charge in [0.1, 0.15) is 12.4 Å². The molecule has 0 unspecified atom stereocenters. The summed E-state index contributed by atoms with van der Waals surface area (Å²) in [5.41, 5.74) is 4.29. The SMILES string of the molecule is Cc1nn(CC(=O)N2C[C@H](c3ccc(F)cc3)[C@@H]3[C@H]2CCCN3C)c(C)c1C. The number of aromatic nitrogens is 2. The van der Waals surface area contributed by atoms with Gasteiger partial charge in [0.05, 0.1) is 5.69 Å². The molecule has 1 aromatic heterocycles. The van der Waals surface area contributed by atoms with Gasteiger partial charge in [-0.3, -0.25) is 9.48 Å². The quantitative estimate of drug-likeness (QED) is 0.817. The Morgan fingerprint density at radius 1 is 1.21 bits per heavy atom. The monoisotopic (exact) mass is 384 g/mol. The second kappa shape index (κ2) is 7.32. The number of likely N-dealkylation sites (tertiary alicyclic amines) is 2. The first-order valence-electron chi connectivity index (χ1n) is 10.1. The third kappa shape index (κ3) is 3.24. The third-order valence-corrected chi connectivity index (χ3v) is 6.77. The molecule has 5 nitrogen and oxygen atoms in total. The summed E-state index contributed by atoms with van der Waals surface area (Å²) in [7, 11) is 2.14. The van der Waals surface area contributed by atoms with Crippen molar-refractivity contribution in [1.82, 2.24) is 19.6 Å². The van der Waals surface area contributed by atoms with Crippen molar-refractivity contribution in [3.63, 3.8) is 0 Å². The number of rotatable bonds is 3. The Balaban J connectivity index is 1.60. The number of aryl methyl sites for hydroxylation is 1. The summed E-state index contributed by atoms with van der Waals surface area (Å²) in [4.78, 5) is 17.7. The van der Waals surface area contributed by atoms with E-state index in [0.717, 1.165) is 41.9 Å². The van der Waals surface area contributed by atoms with Gasteiger partial charge in [-0.1, -0.05) is 12.1 Å². The number of hydrogen-bond acceptors (Lipinski definition) is 3. The van der Waals surface area contributed by atoms with E-state index in [0.29, 0.717) is 6.54 Å². The number of halogens is 1. The van der Waals surface area contributed by atoms with Crippen LogP contribution >= 0.6 is 0 Å². The van der Waals surface area contributed by atoms with Crippen LogP contribution in [0, 0.1) is 26.6 Å². The maximum Gasteiger partial charge on any atom is 0.244 e. The van der Waals surface area contributed by atoms with Crippen molar-refractivity contribution in [2.45, 2.75) is 58.2 Å². The number of hydrogen-bond donors (Lipinski definition) is 0. The molecule has 3 heterocycles. The lowest BCUT2D eigenvalue weighted by molar-refractivity contribution is -0.133. The van der Waals surface area contributed by atoms with Crippen molar-refractivity contribution in [2.24, 2.45) is 0 Å². The number of carbonyl (C=O) groups is 1. The molecule has 0 aliphatic carbocycles. The maximum atomic E-state index is 13.4. The summed E-state index contributed by atoms with van der Waals surface area (Å²) in [6, 6.07) is 7.28. The number of piperidine rings is 1. The fourth-order valence-electron chi connectivity index (χ4n) is 4.99. The summed E-state index contributed by atoms with van der Waals surface area (Å²) >= 11 is 0. The van der Waals surface area contributed by atoms with E-state index in [1.807, 2.05) is 37.6 Å². The summed E-state index contributed by atoms with van der Waals surface area (Å²) in [6.45, 7) is 8.05. The average molecular weight is 384 g/mol. The molecule has 0 radical (unpaired) electrons. The maximum absolute atomic E-state index is 13.4. The normalized spacial score (nSPS) is 25.2. The molecule has 3 atom stereocenters. The van der Waals surface area contributed by atoms with Gasteiger partial charge < -0.3 is 9.80 Å². The molecule has 28 heavy (non-hydrogen) atoms. The Morgan fingerprint density at radius 3 is 2.57 bits per heavy atom. The third-order valence-electron chi connectivity index (χ3n) is 6.77. The van der Waals surface area contributed by atoms with E-state index in [-0.39, 0.29) is 36.3 Å². The molecule has 2 fully saturated rings. The summed E-state index contributed by atoms with van der Waals surface area (Å²) in [5.74, 6) is 0.116. The van der Waals surface area contributed by atoms with Gasteiger partial charge in [-0.2, -0.15) is 5.10 Å². The molecule has 1 aromatic carbocycles. The average Bonchev–Trinajstić information content (AvgIpc) is 3.17. The summed E-state index contributed by atoms with van der Waals surface area (Å²) < 4.78 is 15.3. The fourth-order valence-corrected chi connectivity index (χ4v) is 4.99. The van der Waals surface area contributed by atoms with Crippen molar-refractivity contribution in [2.75, 3.05) is 20.1 Å². The zero-order chi connectivity index (χ0) is 20.0. The highest BCUT2D eigenvalue weighted by molar-refractivity contribution is 5.77. The Kier molecular flexibility index (Phi) is 5.00. The van der Waals surface area contributed by atoms with E-state index in [9.17, 15) is 9.18 Å². The van der Waals surface area contributed by atoms with Gasteiger partial charge in [-0.15, -0.1) is 0 Å². The highest BCUT2D eigenvalue weighted by Crippen LogP contribution is 2.39. The first kappa shape index (κ1) is 19.1. The van der Waals surface area contributed by atoms with Crippen LogP contribution in [0.1, 0.15) is 41.3 Å². The van der Waals surface area contributed by atoms with Gasteiger partial charge in [0, 0.05) is 30.2 Å². The molecule has 2 aliphatic heterocycles. The lowest BCUT2D eigenvalue weighted by atomic mass is 9.86. The van der Waals surface area contributed by atoms with Crippen molar-refractivity contribution in [3.05, 3.63) is 52.6 Å². The van der Waals surface area contributed by atoms with Crippen molar-refractivity contribution < 1.29 is 9.18 Å². The molecule has 150 valence electrons. The number of fused-ring (bicyclic) bond motifs is 1. The van der Waals surface area contributed by atoms with Crippen LogP contribution in [0.2, 0.25) is 0 Å². The second-order valence-corrected chi connectivity index (χ2v) is 8.34. The van der Waals surface area contributed by atoms with Crippen LogP contribution in [0.5, 0.6) is 0 Å². The second-order valence-electron chi connectivity index (χ2n) is 8.34. The molecular formula is C22H29FN4O. The summed E-state index contributed by atoms with van der Waals surface area (Å²) in [6.07, 6.45) is 2.12. The Bertz CT molecular complexity index is 875. The number of likely N-dealkylation sites (N-methyl/N-ethyl adjacent to an activating group) is 1. The lowest BCUT2D eigenvalue weighted by Crippen LogP contribution is -2.50. The molecule has 0 bridgehead atoms. The minimum absolute atomic E-state index is 0.125. The first-order valence-corrected chi connectivity index (χ1v) is 10.1. The van der Waals surface area contributed by atoms with Crippen LogP contribution in [-0.2, 0) is 11.3 Å². The van der Waals surface area contributed by atoms with E-state index >= 15 is 0 Å². The standard InChI is InChI=1S/C22H29FN4O/c1-14-15(2)24-27(16(14)3)13-21(28)26-12-19(17-7-9-18(23)10-8-17)22-20(26)6-5-11-25(22)4/h7-10,19-20,22H,5-6,11-13H2,1-4H3/t19-,20-,22-/m1/s1. The minimum Gasteiger partial charge on any atom is -0.336 e. The van der Waals surface area contributed by atoms with Crippen LogP contribution in [0.15, 0.2) is 24.3 Å². The van der Waals surface area contributed by atoms with Crippen molar-refractivity contribution in [3.8, 4) is 0 Å². The fraction of sp³-hybridized carbons (Fsp3) is 0.545. The lowest BCUT2D eigenvalue weighted by Gasteiger charge is -2.39. The number of carbonyl (C=O) groups excluding carboxylic acids is 1. The number of nitrogens with zero attached hydrogens (tertiary/aromatic N) is 4. The summed E-state index contributed by atoms with van der Waals surface area (Å²) in [5, 5.41) is 4.54. The van der Waals surface area contributed by atoms with E-state index in [4.69, 9.17) is 0 Å². The van der Waals surface area contributed by atoms with E-state index in [1.54, 1.807) is 0 Å². The van der Waals surface area contributed by atoms with Crippen LogP contribution in [0.25, 0.3) is 0 Å². The first-order chi connectivity index (χ1) is 13.4. The highest BCUT2D eigenvalue weighted by Gasteiger charge is 2.47. The molecule has 2 aromatic rings. The van der Waals surface area contributed by atoms with Crippen LogP contribution in [-0.4, -0.2) is 57.7 Å². The van der Waals surface area contributed by atoms with Crippen LogP contribution in [0.4, 0.5) is 4.39 Å².